The third kappa shape index (κ3) is 3.85. The molecular formula is C19H26N4O2. The van der Waals surface area contributed by atoms with Crippen LogP contribution in [0, 0.1) is 6.92 Å². The van der Waals surface area contributed by atoms with E-state index in [4.69, 9.17) is 4.74 Å². The van der Waals surface area contributed by atoms with Crippen molar-refractivity contribution in [2.45, 2.75) is 44.8 Å². The van der Waals surface area contributed by atoms with Crippen molar-refractivity contribution >= 4 is 16.9 Å². The van der Waals surface area contributed by atoms with Gasteiger partial charge in [-0.3, -0.25) is 4.79 Å². The van der Waals surface area contributed by atoms with Gasteiger partial charge in [0.25, 0.3) is 5.91 Å². The number of aromatic amines is 1. The van der Waals surface area contributed by atoms with E-state index in [0.29, 0.717) is 11.7 Å². The summed E-state index contributed by atoms with van der Waals surface area (Å²) in [4.78, 5) is 22.6. The van der Waals surface area contributed by atoms with E-state index >= 15 is 0 Å². The summed E-state index contributed by atoms with van der Waals surface area (Å²) >= 11 is 0. The second-order valence-corrected chi connectivity index (χ2v) is 7.24. The normalized spacial score (nSPS) is 22.5. The van der Waals surface area contributed by atoms with E-state index in [1.54, 1.807) is 0 Å². The van der Waals surface area contributed by atoms with Gasteiger partial charge >= 0.3 is 0 Å². The van der Waals surface area contributed by atoms with E-state index in [0.717, 1.165) is 55.9 Å². The van der Waals surface area contributed by atoms with Crippen molar-refractivity contribution in [2.24, 2.45) is 0 Å². The second-order valence-electron chi connectivity index (χ2n) is 7.24. The summed E-state index contributed by atoms with van der Waals surface area (Å²) < 4.78 is 5.72. The van der Waals surface area contributed by atoms with E-state index in [2.05, 4.69) is 20.2 Å². The van der Waals surface area contributed by atoms with Crippen LogP contribution in [-0.4, -0.2) is 59.2 Å². The van der Waals surface area contributed by atoms with Crippen LogP contribution in [0.25, 0.3) is 11.0 Å². The number of aryl methyl sites for hydroxylation is 1. The lowest BCUT2D eigenvalue weighted by Crippen LogP contribution is -2.46. The highest BCUT2D eigenvalue weighted by atomic mass is 16.5. The highest BCUT2D eigenvalue weighted by Gasteiger charge is 2.25. The quantitative estimate of drug-likeness (QED) is 0.894. The first-order valence-electron chi connectivity index (χ1n) is 9.28. The largest absolute Gasteiger partial charge is 0.377 e. The number of rotatable bonds is 4. The zero-order valence-corrected chi connectivity index (χ0v) is 14.8. The number of H-pyrrole nitrogens is 1. The summed E-state index contributed by atoms with van der Waals surface area (Å²) in [6.45, 7) is 5.94. The Morgan fingerprint density at radius 2 is 2.20 bits per heavy atom. The number of hydrogen-bond acceptors (Lipinski definition) is 4. The molecule has 1 amide bonds. The molecule has 0 aliphatic carbocycles. The van der Waals surface area contributed by atoms with Crippen molar-refractivity contribution in [1.82, 2.24) is 20.2 Å². The third-order valence-electron chi connectivity index (χ3n) is 5.27. The molecule has 134 valence electrons. The fourth-order valence-electron chi connectivity index (χ4n) is 3.88. The number of aromatic nitrogens is 2. The molecule has 6 heteroatoms. The first-order valence-corrected chi connectivity index (χ1v) is 9.28. The number of benzene rings is 1. The summed E-state index contributed by atoms with van der Waals surface area (Å²) in [5.41, 5.74) is 2.51. The summed E-state index contributed by atoms with van der Waals surface area (Å²) in [6.07, 6.45) is 4.80. The lowest BCUT2D eigenvalue weighted by molar-refractivity contribution is 0.0613. The number of ether oxygens (including phenoxy) is 1. The Hall–Kier alpha value is -1.92. The Labute approximate surface area is 147 Å². The maximum atomic E-state index is 12.5. The number of fused-ring (bicyclic) bond motifs is 1. The van der Waals surface area contributed by atoms with Gasteiger partial charge in [-0.15, -0.1) is 0 Å². The minimum Gasteiger partial charge on any atom is -0.377 e. The van der Waals surface area contributed by atoms with Crippen LogP contribution >= 0.6 is 0 Å². The highest BCUT2D eigenvalue weighted by Crippen LogP contribution is 2.18. The van der Waals surface area contributed by atoms with Gasteiger partial charge in [0.05, 0.1) is 17.1 Å². The smallest absolute Gasteiger partial charge is 0.251 e. The van der Waals surface area contributed by atoms with Crippen molar-refractivity contribution in [3.8, 4) is 0 Å². The van der Waals surface area contributed by atoms with Crippen molar-refractivity contribution in [3.05, 3.63) is 29.6 Å². The van der Waals surface area contributed by atoms with E-state index in [1.807, 2.05) is 25.1 Å². The maximum absolute atomic E-state index is 12.5. The minimum atomic E-state index is 0.00623. The summed E-state index contributed by atoms with van der Waals surface area (Å²) in [5.74, 6) is 0.873. The molecule has 1 aromatic heterocycles. The van der Waals surface area contributed by atoms with Crippen molar-refractivity contribution < 1.29 is 9.53 Å². The zero-order chi connectivity index (χ0) is 17.2. The first-order chi connectivity index (χ1) is 12.2. The number of amides is 1. The monoisotopic (exact) mass is 342 g/mol. The lowest BCUT2D eigenvalue weighted by Gasteiger charge is -2.33. The van der Waals surface area contributed by atoms with Crippen LogP contribution in [0.4, 0.5) is 0 Å². The third-order valence-corrected chi connectivity index (χ3v) is 5.27. The fraction of sp³-hybridized carbons (Fsp3) is 0.579. The van der Waals surface area contributed by atoms with Gasteiger partial charge in [-0.2, -0.15) is 0 Å². The Bertz CT molecular complexity index is 743. The van der Waals surface area contributed by atoms with Gasteiger partial charge in [-0.1, -0.05) is 0 Å². The van der Waals surface area contributed by atoms with Crippen molar-refractivity contribution in [2.75, 3.05) is 26.2 Å². The molecule has 2 saturated heterocycles. The van der Waals surface area contributed by atoms with Gasteiger partial charge in [0.1, 0.15) is 5.82 Å². The van der Waals surface area contributed by atoms with Crippen LogP contribution in [0.3, 0.4) is 0 Å². The molecule has 2 aliphatic rings. The average molecular weight is 342 g/mol. The second kappa shape index (κ2) is 7.14. The van der Waals surface area contributed by atoms with Crippen LogP contribution in [-0.2, 0) is 4.74 Å². The number of nitrogens with zero attached hydrogens (tertiary/aromatic N) is 2. The summed E-state index contributed by atoms with van der Waals surface area (Å²) in [5, 5.41) is 3.19. The average Bonchev–Trinajstić information content (AvgIpc) is 3.24. The van der Waals surface area contributed by atoms with E-state index < -0.39 is 0 Å². The molecule has 0 saturated carbocycles. The SMILES string of the molecule is Cc1nc2ccc(C(=O)NC3CCN(C[C@@H]4CCCO4)CC3)cc2[nH]1. The number of imidazole rings is 1. The maximum Gasteiger partial charge on any atom is 0.251 e. The molecule has 2 aromatic rings. The molecule has 1 aromatic carbocycles. The van der Waals surface area contributed by atoms with Crippen LogP contribution < -0.4 is 5.32 Å². The van der Waals surface area contributed by atoms with Gasteiger partial charge in [-0.25, -0.2) is 4.98 Å². The van der Waals surface area contributed by atoms with Crippen LogP contribution in [0.5, 0.6) is 0 Å². The standard InChI is InChI=1S/C19H26N4O2/c1-13-20-17-5-4-14(11-18(17)21-13)19(24)22-15-6-8-23(9-7-15)12-16-3-2-10-25-16/h4-5,11,15-16H,2-3,6-10,12H2,1H3,(H,20,21)(H,22,24)/t16-/m0/s1. The van der Waals surface area contributed by atoms with Gasteiger partial charge in [0.15, 0.2) is 0 Å². The van der Waals surface area contributed by atoms with Gasteiger partial charge in [0.2, 0.25) is 0 Å². The molecule has 4 rings (SSSR count). The van der Waals surface area contributed by atoms with Crippen molar-refractivity contribution in [3.63, 3.8) is 0 Å². The van der Waals surface area contributed by atoms with Gasteiger partial charge in [-0.05, 0) is 50.8 Å². The Kier molecular flexibility index (Phi) is 4.72. The summed E-state index contributed by atoms with van der Waals surface area (Å²) in [7, 11) is 0. The number of hydrogen-bond donors (Lipinski definition) is 2. The Morgan fingerprint density at radius 3 is 2.96 bits per heavy atom. The number of carbonyl (C=O) groups excluding carboxylic acids is 1. The molecule has 0 unspecified atom stereocenters. The van der Waals surface area contributed by atoms with Crippen LogP contribution in [0.15, 0.2) is 18.2 Å². The molecule has 2 N–H and O–H groups in total. The highest BCUT2D eigenvalue weighted by molar-refractivity contribution is 5.97. The van der Waals surface area contributed by atoms with E-state index in [-0.39, 0.29) is 11.9 Å². The summed E-state index contributed by atoms with van der Waals surface area (Å²) in [6, 6.07) is 5.90. The molecule has 2 fully saturated rings. The molecule has 2 aliphatic heterocycles. The number of likely N-dealkylation sites (tertiary alicyclic amines) is 1. The van der Waals surface area contributed by atoms with Crippen molar-refractivity contribution in [1.29, 1.82) is 0 Å². The topological polar surface area (TPSA) is 70.2 Å². The predicted octanol–water partition coefficient (Wildman–Crippen LogP) is 2.24. The molecule has 0 bridgehead atoms. The molecule has 1 atom stereocenters. The molecule has 0 radical (unpaired) electrons. The first kappa shape index (κ1) is 16.5. The zero-order valence-electron chi connectivity index (χ0n) is 14.8. The number of piperidine rings is 1. The minimum absolute atomic E-state index is 0.00623. The van der Waals surface area contributed by atoms with E-state index in [9.17, 15) is 4.79 Å². The fourth-order valence-corrected chi connectivity index (χ4v) is 3.88. The number of carbonyl (C=O) groups is 1. The van der Waals surface area contributed by atoms with Gasteiger partial charge in [0, 0.05) is 37.8 Å². The molecule has 3 heterocycles. The molecule has 0 spiro atoms. The molecule has 25 heavy (non-hydrogen) atoms. The van der Waals surface area contributed by atoms with Crippen LogP contribution in [0.2, 0.25) is 0 Å². The van der Waals surface area contributed by atoms with Crippen LogP contribution in [0.1, 0.15) is 41.9 Å². The Balaban J connectivity index is 1.30. The Morgan fingerprint density at radius 1 is 1.36 bits per heavy atom. The van der Waals surface area contributed by atoms with E-state index in [1.165, 1.54) is 12.8 Å². The number of nitrogens with one attached hydrogen (secondary N) is 2. The molecular weight excluding hydrogens is 316 g/mol. The molecule has 6 nitrogen and oxygen atoms in total. The predicted molar refractivity (Wildman–Crippen MR) is 96.7 cm³/mol. The lowest BCUT2D eigenvalue weighted by atomic mass is 10.0. The van der Waals surface area contributed by atoms with Gasteiger partial charge < -0.3 is 19.9 Å².